The quantitative estimate of drug-likeness (QED) is 0.702. The van der Waals surface area contributed by atoms with Crippen LogP contribution in [-0.2, 0) is 6.54 Å². The fourth-order valence-corrected chi connectivity index (χ4v) is 3.28. The van der Waals surface area contributed by atoms with Crippen LogP contribution >= 0.6 is 11.6 Å². The molecule has 0 unspecified atom stereocenters. The Morgan fingerprint density at radius 1 is 1.08 bits per heavy atom. The maximum Gasteiger partial charge on any atom is 0.226 e. The molecule has 0 aliphatic carbocycles. The number of piperazine rings is 1. The van der Waals surface area contributed by atoms with Gasteiger partial charge < -0.3 is 9.32 Å². The van der Waals surface area contributed by atoms with Crippen LogP contribution in [-0.4, -0.2) is 46.0 Å². The molecule has 26 heavy (non-hydrogen) atoms. The summed E-state index contributed by atoms with van der Waals surface area (Å²) in [5.74, 6) is 2.28. The molecule has 134 valence electrons. The lowest BCUT2D eigenvalue weighted by molar-refractivity contribution is 0.245. The smallest absolute Gasteiger partial charge is 0.226 e. The van der Waals surface area contributed by atoms with Crippen molar-refractivity contribution in [3.8, 4) is 11.5 Å². The third kappa shape index (κ3) is 3.71. The minimum absolute atomic E-state index is 0.622. The van der Waals surface area contributed by atoms with E-state index in [1.807, 2.05) is 37.3 Å². The number of anilines is 1. The van der Waals surface area contributed by atoms with E-state index in [0.29, 0.717) is 10.9 Å². The molecule has 0 atom stereocenters. The summed E-state index contributed by atoms with van der Waals surface area (Å²) in [6, 6.07) is 9.42. The van der Waals surface area contributed by atoms with E-state index in [-0.39, 0.29) is 0 Å². The van der Waals surface area contributed by atoms with E-state index in [1.165, 1.54) is 0 Å². The first-order valence-corrected chi connectivity index (χ1v) is 9.03. The maximum atomic E-state index is 6.07. The van der Waals surface area contributed by atoms with Crippen LogP contribution in [0.4, 0.5) is 5.95 Å². The van der Waals surface area contributed by atoms with Crippen LogP contribution in [0, 0.1) is 6.92 Å². The molecule has 0 spiro atoms. The van der Waals surface area contributed by atoms with E-state index < -0.39 is 0 Å². The van der Waals surface area contributed by atoms with Crippen LogP contribution in [0.15, 0.2) is 47.1 Å². The van der Waals surface area contributed by atoms with Gasteiger partial charge in [0, 0.05) is 55.7 Å². The van der Waals surface area contributed by atoms with E-state index in [2.05, 4.69) is 24.8 Å². The first-order chi connectivity index (χ1) is 12.7. The summed E-state index contributed by atoms with van der Waals surface area (Å²) in [6.45, 7) is 6.43. The number of oxazole rings is 1. The normalized spacial score (nSPS) is 15.4. The highest BCUT2D eigenvalue weighted by Crippen LogP contribution is 2.25. The van der Waals surface area contributed by atoms with Gasteiger partial charge in [-0.1, -0.05) is 17.7 Å². The maximum absolute atomic E-state index is 6.07. The summed E-state index contributed by atoms with van der Waals surface area (Å²) in [5, 5.41) is 0.680. The molecule has 1 aromatic carbocycles. The van der Waals surface area contributed by atoms with Gasteiger partial charge >= 0.3 is 0 Å². The van der Waals surface area contributed by atoms with Crippen molar-refractivity contribution >= 4 is 17.5 Å². The third-order valence-corrected chi connectivity index (χ3v) is 4.78. The second-order valence-corrected chi connectivity index (χ2v) is 6.78. The number of rotatable bonds is 4. The molecule has 4 rings (SSSR count). The Bertz CT molecular complexity index is 875. The lowest BCUT2D eigenvalue weighted by Gasteiger charge is -2.34. The van der Waals surface area contributed by atoms with E-state index in [9.17, 15) is 0 Å². The Morgan fingerprint density at radius 3 is 2.58 bits per heavy atom. The molecule has 0 radical (unpaired) electrons. The summed E-state index contributed by atoms with van der Waals surface area (Å²) >= 11 is 6.07. The van der Waals surface area contributed by atoms with Gasteiger partial charge in [-0.15, -0.1) is 0 Å². The lowest BCUT2D eigenvalue weighted by Crippen LogP contribution is -2.46. The Labute approximate surface area is 157 Å². The minimum Gasteiger partial charge on any atom is -0.441 e. The van der Waals surface area contributed by atoms with Gasteiger partial charge in [0.25, 0.3) is 0 Å². The fourth-order valence-electron chi connectivity index (χ4n) is 3.09. The second kappa shape index (κ2) is 7.43. The first kappa shape index (κ1) is 17.0. The summed E-state index contributed by atoms with van der Waals surface area (Å²) in [5.41, 5.74) is 1.88. The Hall–Kier alpha value is -2.44. The molecule has 1 aliphatic heterocycles. The molecule has 0 saturated carbocycles. The van der Waals surface area contributed by atoms with Gasteiger partial charge in [0.05, 0.1) is 5.69 Å². The highest BCUT2D eigenvalue weighted by molar-refractivity contribution is 6.30. The van der Waals surface area contributed by atoms with Gasteiger partial charge in [0.2, 0.25) is 11.8 Å². The highest BCUT2D eigenvalue weighted by atomic mass is 35.5. The fraction of sp³-hybridized carbons (Fsp3) is 0.316. The van der Waals surface area contributed by atoms with Gasteiger partial charge in [0.1, 0.15) is 5.76 Å². The Kier molecular flexibility index (Phi) is 4.86. The second-order valence-electron chi connectivity index (χ2n) is 6.34. The summed E-state index contributed by atoms with van der Waals surface area (Å²) in [7, 11) is 0. The zero-order valence-electron chi connectivity index (χ0n) is 14.6. The van der Waals surface area contributed by atoms with Crippen LogP contribution in [0.25, 0.3) is 11.5 Å². The zero-order valence-corrected chi connectivity index (χ0v) is 15.4. The van der Waals surface area contributed by atoms with Crippen LogP contribution in [0.1, 0.15) is 11.5 Å². The van der Waals surface area contributed by atoms with Crippen molar-refractivity contribution in [2.45, 2.75) is 13.5 Å². The predicted octanol–water partition coefficient (Wildman–Crippen LogP) is 3.42. The Balaban J connectivity index is 1.41. The number of aromatic nitrogens is 3. The summed E-state index contributed by atoms with van der Waals surface area (Å²) in [4.78, 5) is 17.9. The molecule has 7 heteroatoms. The average molecular weight is 370 g/mol. The van der Waals surface area contributed by atoms with Gasteiger partial charge in [-0.3, -0.25) is 4.90 Å². The molecule has 1 fully saturated rings. The highest BCUT2D eigenvalue weighted by Gasteiger charge is 2.21. The van der Waals surface area contributed by atoms with E-state index >= 15 is 0 Å². The molecule has 3 heterocycles. The summed E-state index contributed by atoms with van der Waals surface area (Å²) in [6.07, 6.45) is 3.57. The first-order valence-electron chi connectivity index (χ1n) is 8.65. The van der Waals surface area contributed by atoms with Crippen molar-refractivity contribution in [1.29, 1.82) is 0 Å². The number of nitrogens with zero attached hydrogens (tertiary/aromatic N) is 5. The molecule has 1 saturated heterocycles. The number of halogens is 1. The molecule has 1 aliphatic rings. The van der Waals surface area contributed by atoms with Crippen molar-refractivity contribution in [3.05, 3.63) is 59.2 Å². The van der Waals surface area contributed by atoms with Crippen LogP contribution < -0.4 is 4.90 Å². The predicted molar refractivity (Wildman–Crippen MR) is 101 cm³/mol. The lowest BCUT2D eigenvalue weighted by atomic mass is 10.2. The van der Waals surface area contributed by atoms with E-state index in [1.54, 1.807) is 12.4 Å². The monoisotopic (exact) mass is 369 g/mol. The summed E-state index contributed by atoms with van der Waals surface area (Å²) < 4.78 is 5.86. The minimum atomic E-state index is 0.622. The zero-order chi connectivity index (χ0) is 17.9. The molecule has 0 amide bonds. The number of hydrogen-bond donors (Lipinski definition) is 0. The van der Waals surface area contributed by atoms with Crippen molar-refractivity contribution < 1.29 is 4.42 Å². The van der Waals surface area contributed by atoms with Crippen LogP contribution in [0.2, 0.25) is 5.02 Å². The topological polar surface area (TPSA) is 58.3 Å². The average Bonchev–Trinajstić information content (AvgIpc) is 3.04. The van der Waals surface area contributed by atoms with Crippen LogP contribution in [0.5, 0.6) is 0 Å². The molecular weight excluding hydrogens is 350 g/mol. The molecule has 0 N–H and O–H groups in total. The number of aryl methyl sites for hydroxylation is 1. The van der Waals surface area contributed by atoms with Crippen molar-refractivity contribution in [2.75, 3.05) is 31.1 Å². The SMILES string of the molecule is Cc1oc(-c2cccc(Cl)c2)nc1CN1CCN(c2ncccn2)CC1. The molecule has 0 bridgehead atoms. The van der Waals surface area contributed by atoms with E-state index in [0.717, 1.165) is 55.7 Å². The van der Waals surface area contributed by atoms with Gasteiger partial charge in [-0.2, -0.15) is 0 Å². The Morgan fingerprint density at radius 2 is 1.85 bits per heavy atom. The molecule has 2 aromatic heterocycles. The third-order valence-electron chi connectivity index (χ3n) is 4.54. The largest absolute Gasteiger partial charge is 0.441 e. The number of benzene rings is 1. The van der Waals surface area contributed by atoms with Gasteiger partial charge in [-0.05, 0) is 31.2 Å². The molecule has 3 aromatic rings. The number of hydrogen-bond acceptors (Lipinski definition) is 6. The van der Waals surface area contributed by atoms with E-state index in [4.69, 9.17) is 16.0 Å². The van der Waals surface area contributed by atoms with Crippen molar-refractivity contribution in [1.82, 2.24) is 19.9 Å². The molecule has 6 nitrogen and oxygen atoms in total. The van der Waals surface area contributed by atoms with Gasteiger partial charge in [0.15, 0.2) is 0 Å². The van der Waals surface area contributed by atoms with Gasteiger partial charge in [-0.25, -0.2) is 15.0 Å². The van der Waals surface area contributed by atoms with Crippen LogP contribution in [0.3, 0.4) is 0 Å². The van der Waals surface area contributed by atoms with Crippen molar-refractivity contribution in [2.24, 2.45) is 0 Å². The molecular formula is C19H20ClN5O. The standard InChI is InChI=1S/C19H20ClN5O/c1-14-17(23-18(26-14)15-4-2-5-16(20)12-15)13-24-8-10-25(11-9-24)19-21-6-3-7-22-19/h2-7,12H,8-11,13H2,1H3. The van der Waals surface area contributed by atoms with Crippen molar-refractivity contribution in [3.63, 3.8) is 0 Å².